The Morgan fingerprint density at radius 1 is 1.48 bits per heavy atom. The maximum Gasteiger partial charge on any atom is 0.119 e. The van der Waals surface area contributed by atoms with Crippen LogP contribution in [0.1, 0.15) is 25.3 Å². The second kappa shape index (κ2) is 8.37. The number of rotatable bonds is 8. The number of benzene rings is 1. The highest BCUT2D eigenvalue weighted by molar-refractivity contribution is 5.28. The smallest absolute Gasteiger partial charge is 0.119 e. The van der Waals surface area contributed by atoms with E-state index in [1.165, 1.54) is 18.4 Å². The lowest BCUT2D eigenvalue weighted by atomic mass is 10.2. The summed E-state index contributed by atoms with van der Waals surface area (Å²) >= 11 is 0. The molecule has 0 saturated carbocycles. The lowest BCUT2D eigenvalue weighted by Crippen LogP contribution is -2.39. The van der Waals surface area contributed by atoms with Crippen LogP contribution in [0.25, 0.3) is 0 Å². The zero-order valence-electron chi connectivity index (χ0n) is 13.5. The van der Waals surface area contributed by atoms with Gasteiger partial charge in [-0.3, -0.25) is 4.90 Å². The van der Waals surface area contributed by atoms with Crippen LogP contribution < -0.4 is 10.1 Å². The fourth-order valence-electron chi connectivity index (χ4n) is 2.63. The molecule has 118 valence electrons. The van der Waals surface area contributed by atoms with Gasteiger partial charge in [0.25, 0.3) is 0 Å². The van der Waals surface area contributed by atoms with E-state index in [2.05, 4.69) is 36.3 Å². The predicted octanol–water partition coefficient (Wildman–Crippen LogP) is 2.28. The fourth-order valence-corrected chi connectivity index (χ4v) is 2.63. The van der Waals surface area contributed by atoms with Gasteiger partial charge in [0.15, 0.2) is 0 Å². The average molecular weight is 292 g/mol. The van der Waals surface area contributed by atoms with Crippen LogP contribution in [0.3, 0.4) is 0 Å². The zero-order chi connectivity index (χ0) is 15.1. The Kier molecular flexibility index (Phi) is 6.49. The van der Waals surface area contributed by atoms with Crippen molar-refractivity contribution >= 4 is 0 Å². The molecule has 1 N–H and O–H groups in total. The molecule has 0 amide bonds. The molecule has 2 rings (SSSR count). The molecule has 0 bridgehead atoms. The van der Waals surface area contributed by atoms with Gasteiger partial charge >= 0.3 is 0 Å². The van der Waals surface area contributed by atoms with Crippen LogP contribution in [0, 0.1) is 0 Å². The minimum absolute atomic E-state index is 0.417. The molecule has 0 radical (unpaired) electrons. The van der Waals surface area contributed by atoms with Crippen molar-refractivity contribution < 1.29 is 9.47 Å². The molecule has 0 aromatic heterocycles. The Balaban J connectivity index is 1.72. The van der Waals surface area contributed by atoms with Gasteiger partial charge in [-0.25, -0.2) is 0 Å². The molecule has 1 aromatic rings. The maximum atomic E-state index is 5.63. The van der Waals surface area contributed by atoms with Gasteiger partial charge in [-0.2, -0.15) is 0 Å². The summed E-state index contributed by atoms with van der Waals surface area (Å²) in [7, 11) is 3.87. The maximum absolute atomic E-state index is 5.63. The first-order valence-electron chi connectivity index (χ1n) is 7.84. The third kappa shape index (κ3) is 5.30. The van der Waals surface area contributed by atoms with Crippen molar-refractivity contribution in [3.63, 3.8) is 0 Å². The molecule has 1 heterocycles. The first kappa shape index (κ1) is 16.3. The van der Waals surface area contributed by atoms with E-state index in [9.17, 15) is 0 Å². The highest BCUT2D eigenvalue weighted by Gasteiger charge is 2.16. The van der Waals surface area contributed by atoms with Gasteiger partial charge in [0, 0.05) is 32.3 Å². The second-order valence-electron chi connectivity index (χ2n) is 5.91. The van der Waals surface area contributed by atoms with Gasteiger partial charge in [-0.1, -0.05) is 12.1 Å². The molecule has 1 fully saturated rings. The van der Waals surface area contributed by atoms with Crippen molar-refractivity contribution in [1.29, 1.82) is 0 Å². The van der Waals surface area contributed by atoms with E-state index in [1.54, 1.807) is 7.11 Å². The standard InChI is InChI=1S/C17H28N2O2/c1-14(11-18-12-17-8-5-9-21-17)19(2)13-15-6-4-7-16(10-15)20-3/h4,6-7,10,14,17-18H,5,8-9,11-13H2,1-3H3. The molecule has 1 aliphatic heterocycles. The first-order valence-corrected chi connectivity index (χ1v) is 7.84. The summed E-state index contributed by atoms with van der Waals surface area (Å²) in [5, 5.41) is 3.52. The summed E-state index contributed by atoms with van der Waals surface area (Å²) in [6.07, 6.45) is 2.82. The highest BCUT2D eigenvalue weighted by Crippen LogP contribution is 2.15. The van der Waals surface area contributed by atoms with E-state index in [-0.39, 0.29) is 0 Å². The lowest BCUT2D eigenvalue weighted by molar-refractivity contribution is 0.108. The number of ether oxygens (including phenoxy) is 2. The van der Waals surface area contributed by atoms with Crippen LogP contribution in [0.5, 0.6) is 5.75 Å². The average Bonchev–Trinajstić information content (AvgIpc) is 3.00. The van der Waals surface area contributed by atoms with Gasteiger partial charge in [-0.15, -0.1) is 0 Å². The number of likely N-dealkylation sites (N-methyl/N-ethyl adjacent to an activating group) is 1. The van der Waals surface area contributed by atoms with Gasteiger partial charge in [0.05, 0.1) is 13.2 Å². The van der Waals surface area contributed by atoms with E-state index in [1.807, 2.05) is 12.1 Å². The zero-order valence-corrected chi connectivity index (χ0v) is 13.5. The van der Waals surface area contributed by atoms with Gasteiger partial charge < -0.3 is 14.8 Å². The number of methoxy groups -OCH3 is 1. The van der Waals surface area contributed by atoms with Crippen molar-refractivity contribution in [3.8, 4) is 5.75 Å². The molecule has 2 unspecified atom stereocenters. The number of nitrogens with zero attached hydrogens (tertiary/aromatic N) is 1. The topological polar surface area (TPSA) is 33.7 Å². The summed E-state index contributed by atoms with van der Waals surface area (Å²) < 4.78 is 10.9. The minimum Gasteiger partial charge on any atom is -0.497 e. The lowest BCUT2D eigenvalue weighted by Gasteiger charge is -2.25. The number of nitrogens with one attached hydrogen (secondary N) is 1. The summed E-state index contributed by atoms with van der Waals surface area (Å²) in [6.45, 7) is 6.07. The Labute approximate surface area is 128 Å². The molecule has 4 heteroatoms. The van der Waals surface area contributed by atoms with E-state index < -0.39 is 0 Å². The van der Waals surface area contributed by atoms with Gasteiger partial charge in [0.1, 0.15) is 5.75 Å². The first-order chi connectivity index (χ1) is 10.2. The molecule has 0 spiro atoms. The normalized spacial score (nSPS) is 19.9. The third-order valence-electron chi connectivity index (χ3n) is 4.15. The van der Waals surface area contributed by atoms with E-state index in [4.69, 9.17) is 9.47 Å². The molecular weight excluding hydrogens is 264 g/mol. The van der Waals surface area contributed by atoms with Crippen molar-refractivity contribution in [2.24, 2.45) is 0 Å². The second-order valence-corrected chi connectivity index (χ2v) is 5.91. The third-order valence-corrected chi connectivity index (χ3v) is 4.15. The summed E-state index contributed by atoms with van der Waals surface area (Å²) in [5.41, 5.74) is 1.28. The molecule has 4 nitrogen and oxygen atoms in total. The van der Waals surface area contributed by atoms with Crippen molar-refractivity contribution in [3.05, 3.63) is 29.8 Å². The molecule has 1 saturated heterocycles. The van der Waals surface area contributed by atoms with Gasteiger partial charge in [-0.05, 0) is 44.5 Å². The SMILES string of the molecule is COc1cccc(CN(C)C(C)CNCC2CCCO2)c1. The molecule has 0 aliphatic carbocycles. The van der Waals surface area contributed by atoms with E-state index >= 15 is 0 Å². The summed E-state index contributed by atoms with van der Waals surface area (Å²) in [6, 6.07) is 8.75. The predicted molar refractivity (Wildman–Crippen MR) is 85.8 cm³/mol. The van der Waals surface area contributed by atoms with Crippen LogP contribution in [-0.2, 0) is 11.3 Å². The Morgan fingerprint density at radius 3 is 3.05 bits per heavy atom. The van der Waals surface area contributed by atoms with Gasteiger partial charge in [0.2, 0.25) is 0 Å². The van der Waals surface area contributed by atoms with Crippen LogP contribution in [0.15, 0.2) is 24.3 Å². The fraction of sp³-hybridized carbons (Fsp3) is 0.647. The monoisotopic (exact) mass is 292 g/mol. The summed E-state index contributed by atoms with van der Waals surface area (Å²) in [5.74, 6) is 0.921. The van der Waals surface area contributed by atoms with Crippen molar-refractivity contribution in [2.75, 3.05) is 33.9 Å². The highest BCUT2D eigenvalue weighted by atomic mass is 16.5. The largest absolute Gasteiger partial charge is 0.497 e. The van der Waals surface area contributed by atoms with Crippen LogP contribution in [0.4, 0.5) is 0 Å². The van der Waals surface area contributed by atoms with E-state index in [0.29, 0.717) is 12.1 Å². The van der Waals surface area contributed by atoms with Crippen molar-refractivity contribution in [2.45, 2.75) is 38.5 Å². The van der Waals surface area contributed by atoms with Crippen LogP contribution >= 0.6 is 0 Å². The Hall–Kier alpha value is -1.10. The Bertz CT molecular complexity index is 419. The van der Waals surface area contributed by atoms with Crippen molar-refractivity contribution in [1.82, 2.24) is 10.2 Å². The summed E-state index contributed by atoms with van der Waals surface area (Å²) in [4.78, 5) is 2.36. The molecule has 1 aromatic carbocycles. The molecule has 1 aliphatic rings. The number of hydrogen-bond donors (Lipinski definition) is 1. The molecule has 2 atom stereocenters. The molecule has 21 heavy (non-hydrogen) atoms. The van der Waals surface area contributed by atoms with Crippen LogP contribution in [-0.4, -0.2) is 50.9 Å². The van der Waals surface area contributed by atoms with Crippen LogP contribution in [0.2, 0.25) is 0 Å². The minimum atomic E-state index is 0.417. The Morgan fingerprint density at radius 2 is 2.33 bits per heavy atom. The number of hydrogen-bond acceptors (Lipinski definition) is 4. The quantitative estimate of drug-likeness (QED) is 0.797. The van der Waals surface area contributed by atoms with E-state index in [0.717, 1.165) is 32.0 Å². The molecular formula is C17H28N2O2.